The first kappa shape index (κ1) is 15.3. The number of hydrogen-bond acceptors (Lipinski definition) is 5. The number of benzene rings is 1. The molecule has 0 saturated heterocycles. The Hall–Kier alpha value is -2.08. The van der Waals surface area contributed by atoms with Crippen molar-refractivity contribution in [1.29, 1.82) is 0 Å². The standard InChI is InChI=1S/C15H17NO4S/c1-10-14(15(17)18)21-13(16-10)8-5-9-20-12-7-4-3-6-11(12)19-2/h3-4,6-7H,5,8-9H2,1-2H3,(H,17,18). The zero-order valence-corrected chi connectivity index (χ0v) is 12.8. The van der Waals surface area contributed by atoms with Gasteiger partial charge in [-0.15, -0.1) is 11.3 Å². The fourth-order valence-electron chi connectivity index (χ4n) is 1.90. The van der Waals surface area contributed by atoms with E-state index >= 15 is 0 Å². The minimum atomic E-state index is -0.915. The van der Waals surface area contributed by atoms with Crippen LogP contribution in [-0.4, -0.2) is 29.8 Å². The Morgan fingerprint density at radius 1 is 1.33 bits per heavy atom. The van der Waals surface area contributed by atoms with Gasteiger partial charge in [0.15, 0.2) is 11.5 Å². The second kappa shape index (κ2) is 7.08. The van der Waals surface area contributed by atoms with Crippen LogP contribution < -0.4 is 9.47 Å². The van der Waals surface area contributed by atoms with Crippen molar-refractivity contribution in [3.63, 3.8) is 0 Å². The maximum Gasteiger partial charge on any atom is 0.347 e. The van der Waals surface area contributed by atoms with Crippen LogP contribution in [0.5, 0.6) is 11.5 Å². The van der Waals surface area contributed by atoms with Crippen LogP contribution in [0.15, 0.2) is 24.3 Å². The Kier molecular flexibility index (Phi) is 5.16. The Bertz CT molecular complexity index is 624. The van der Waals surface area contributed by atoms with E-state index in [1.807, 2.05) is 24.3 Å². The molecule has 2 rings (SSSR count). The first-order valence-corrected chi connectivity index (χ1v) is 7.39. The van der Waals surface area contributed by atoms with Crippen molar-refractivity contribution < 1.29 is 19.4 Å². The number of nitrogens with zero attached hydrogens (tertiary/aromatic N) is 1. The molecule has 0 atom stereocenters. The number of aryl methyl sites for hydroxylation is 2. The molecule has 0 aliphatic carbocycles. The Morgan fingerprint density at radius 3 is 2.67 bits per heavy atom. The smallest absolute Gasteiger partial charge is 0.347 e. The van der Waals surface area contributed by atoms with Crippen LogP contribution in [0.1, 0.15) is 26.8 Å². The van der Waals surface area contributed by atoms with Gasteiger partial charge in [0.25, 0.3) is 0 Å². The summed E-state index contributed by atoms with van der Waals surface area (Å²) < 4.78 is 10.9. The molecule has 6 heteroatoms. The molecule has 5 nitrogen and oxygen atoms in total. The van der Waals surface area contributed by atoms with E-state index in [1.165, 1.54) is 11.3 Å². The van der Waals surface area contributed by atoms with Crippen molar-refractivity contribution in [2.75, 3.05) is 13.7 Å². The minimum absolute atomic E-state index is 0.315. The van der Waals surface area contributed by atoms with Crippen LogP contribution in [-0.2, 0) is 6.42 Å². The number of para-hydroxylation sites is 2. The molecular formula is C15H17NO4S. The second-order valence-electron chi connectivity index (χ2n) is 4.43. The van der Waals surface area contributed by atoms with Crippen LogP contribution in [0, 0.1) is 6.92 Å². The topological polar surface area (TPSA) is 68.7 Å². The van der Waals surface area contributed by atoms with Crippen molar-refractivity contribution in [2.45, 2.75) is 19.8 Å². The highest BCUT2D eigenvalue weighted by atomic mass is 32.1. The number of hydrogen-bond donors (Lipinski definition) is 1. The third-order valence-electron chi connectivity index (χ3n) is 2.90. The highest BCUT2D eigenvalue weighted by molar-refractivity contribution is 7.13. The third-order valence-corrected chi connectivity index (χ3v) is 4.10. The van der Waals surface area contributed by atoms with E-state index in [0.29, 0.717) is 35.1 Å². The van der Waals surface area contributed by atoms with Crippen LogP contribution in [0.3, 0.4) is 0 Å². The molecule has 0 aliphatic rings. The van der Waals surface area contributed by atoms with Gasteiger partial charge in [0, 0.05) is 6.42 Å². The molecule has 2 aromatic rings. The van der Waals surface area contributed by atoms with Crippen molar-refractivity contribution in [1.82, 2.24) is 4.98 Å². The van der Waals surface area contributed by atoms with Crippen molar-refractivity contribution in [3.8, 4) is 11.5 Å². The van der Waals surface area contributed by atoms with Gasteiger partial charge in [0.05, 0.1) is 24.4 Å². The van der Waals surface area contributed by atoms with E-state index in [0.717, 1.165) is 11.4 Å². The monoisotopic (exact) mass is 307 g/mol. The number of methoxy groups -OCH3 is 1. The van der Waals surface area contributed by atoms with Crippen molar-refractivity contribution >= 4 is 17.3 Å². The third kappa shape index (κ3) is 3.95. The molecule has 0 aliphatic heterocycles. The van der Waals surface area contributed by atoms with Crippen LogP contribution in [0.25, 0.3) is 0 Å². The number of ether oxygens (including phenoxy) is 2. The first-order chi connectivity index (χ1) is 10.1. The van der Waals surface area contributed by atoms with E-state index < -0.39 is 5.97 Å². The maximum absolute atomic E-state index is 11.0. The molecule has 0 fully saturated rings. The fraction of sp³-hybridized carbons (Fsp3) is 0.333. The number of carboxylic acid groups (broad SMARTS) is 1. The zero-order valence-electron chi connectivity index (χ0n) is 12.0. The highest BCUT2D eigenvalue weighted by Gasteiger charge is 2.13. The lowest BCUT2D eigenvalue weighted by atomic mass is 10.3. The summed E-state index contributed by atoms with van der Waals surface area (Å²) in [4.78, 5) is 15.5. The summed E-state index contributed by atoms with van der Waals surface area (Å²) >= 11 is 1.23. The number of rotatable bonds is 7. The lowest BCUT2D eigenvalue weighted by molar-refractivity contribution is 0.0701. The lowest BCUT2D eigenvalue weighted by Gasteiger charge is -2.09. The normalized spacial score (nSPS) is 10.4. The molecule has 0 radical (unpaired) electrons. The molecule has 1 aromatic carbocycles. The van der Waals surface area contributed by atoms with Gasteiger partial charge in [-0.2, -0.15) is 0 Å². The van der Waals surface area contributed by atoms with Crippen LogP contribution in [0.2, 0.25) is 0 Å². The van der Waals surface area contributed by atoms with Gasteiger partial charge in [-0.25, -0.2) is 9.78 Å². The quantitative estimate of drug-likeness (QED) is 0.796. The molecular weight excluding hydrogens is 290 g/mol. The Labute approximate surface area is 127 Å². The summed E-state index contributed by atoms with van der Waals surface area (Å²) in [5.74, 6) is 0.499. The average molecular weight is 307 g/mol. The predicted octanol–water partition coefficient (Wildman–Crippen LogP) is 3.17. The summed E-state index contributed by atoms with van der Waals surface area (Å²) in [6, 6.07) is 7.48. The minimum Gasteiger partial charge on any atom is -0.493 e. The lowest BCUT2D eigenvalue weighted by Crippen LogP contribution is -2.00. The predicted molar refractivity (Wildman–Crippen MR) is 80.6 cm³/mol. The number of carbonyl (C=O) groups is 1. The van der Waals surface area contributed by atoms with E-state index in [9.17, 15) is 4.79 Å². The summed E-state index contributed by atoms with van der Waals surface area (Å²) in [5, 5.41) is 9.82. The summed E-state index contributed by atoms with van der Waals surface area (Å²) in [7, 11) is 1.61. The largest absolute Gasteiger partial charge is 0.493 e. The Balaban J connectivity index is 1.85. The average Bonchev–Trinajstić information content (AvgIpc) is 2.85. The van der Waals surface area contributed by atoms with E-state index in [1.54, 1.807) is 14.0 Å². The number of aromatic carboxylic acids is 1. The van der Waals surface area contributed by atoms with Crippen molar-refractivity contribution in [3.05, 3.63) is 39.8 Å². The molecule has 1 N–H and O–H groups in total. The molecule has 1 aromatic heterocycles. The van der Waals surface area contributed by atoms with Crippen molar-refractivity contribution in [2.24, 2.45) is 0 Å². The molecule has 0 spiro atoms. The molecule has 1 heterocycles. The van der Waals surface area contributed by atoms with Gasteiger partial charge in [0.2, 0.25) is 0 Å². The van der Waals surface area contributed by atoms with Gasteiger partial charge in [-0.1, -0.05) is 12.1 Å². The summed E-state index contributed by atoms with van der Waals surface area (Å²) in [5.41, 5.74) is 0.577. The second-order valence-corrected chi connectivity index (χ2v) is 5.51. The van der Waals surface area contributed by atoms with Gasteiger partial charge in [-0.3, -0.25) is 0 Å². The SMILES string of the molecule is COc1ccccc1OCCCc1nc(C)c(C(=O)O)s1. The molecule has 0 saturated carbocycles. The Morgan fingerprint density at radius 2 is 2.05 bits per heavy atom. The number of aromatic nitrogens is 1. The molecule has 0 bridgehead atoms. The zero-order chi connectivity index (χ0) is 15.2. The molecule has 112 valence electrons. The molecule has 0 amide bonds. The first-order valence-electron chi connectivity index (χ1n) is 6.57. The fourth-order valence-corrected chi connectivity index (χ4v) is 2.85. The molecule has 0 unspecified atom stereocenters. The molecule has 21 heavy (non-hydrogen) atoms. The van der Waals surface area contributed by atoms with E-state index in [4.69, 9.17) is 14.6 Å². The van der Waals surface area contributed by atoms with E-state index in [2.05, 4.69) is 4.98 Å². The summed E-state index contributed by atoms with van der Waals surface area (Å²) in [6.45, 7) is 2.25. The maximum atomic E-state index is 11.0. The van der Waals surface area contributed by atoms with Crippen LogP contribution in [0.4, 0.5) is 0 Å². The number of carboxylic acids is 1. The van der Waals surface area contributed by atoms with Gasteiger partial charge >= 0.3 is 5.97 Å². The van der Waals surface area contributed by atoms with Gasteiger partial charge < -0.3 is 14.6 Å². The summed E-state index contributed by atoms with van der Waals surface area (Å²) in [6.07, 6.45) is 1.47. The number of thiazole rings is 1. The van der Waals surface area contributed by atoms with Gasteiger partial charge in [0.1, 0.15) is 4.88 Å². The van der Waals surface area contributed by atoms with Gasteiger partial charge in [-0.05, 0) is 25.5 Å². The van der Waals surface area contributed by atoms with Crippen LogP contribution >= 0.6 is 11.3 Å². The highest BCUT2D eigenvalue weighted by Crippen LogP contribution is 2.26. The van der Waals surface area contributed by atoms with E-state index in [-0.39, 0.29) is 0 Å².